The minimum absolute atomic E-state index is 0.0290. The van der Waals surface area contributed by atoms with Gasteiger partial charge in [-0.15, -0.1) is 0 Å². The zero-order valence-corrected chi connectivity index (χ0v) is 25.1. The highest BCUT2D eigenvalue weighted by Crippen LogP contribution is 2.39. The van der Waals surface area contributed by atoms with E-state index in [9.17, 15) is 26.4 Å². The molecule has 1 unspecified atom stereocenters. The Bertz CT molecular complexity index is 1600. The van der Waals surface area contributed by atoms with Gasteiger partial charge in [0.15, 0.2) is 0 Å². The van der Waals surface area contributed by atoms with E-state index in [0.29, 0.717) is 30.0 Å². The van der Waals surface area contributed by atoms with Crippen LogP contribution in [-0.4, -0.2) is 50.4 Å². The molecule has 7 nitrogen and oxygen atoms in total. The lowest BCUT2D eigenvalue weighted by molar-refractivity contribution is -0.139. The number of carbonyl (C=O) groups is 1. The van der Waals surface area contributed by atoms with E-state index in [1.54, 1.807) is 30.1 Å². The predicted octanol–water partition coefficient (Wildman–Crippen LogP) is 6.08. The number of carbonyl (C=O) groups excluding carboxylic acids is 1. The van der Waals surface area contributed by atoms with E-state index in [-0.39, 0.29) is 11.9 Å². The molecule has 3 aromatic rings. The topological polar surface area (TPSA) is 82.6 Å². The second kappa shape index (κ2) is 11.5. The molecule has 0 radical (unpaired) electrons. The Balaban J connectivity index is 1.31. The molecule has 2 aromatic carbocycles. The molecule has 2 heterocycles. The lowest BCUT2D eigenvalue weighted by Gasteiger charge is -2.38. The van der Waals surface area contributed by atoms with Gasteiger partial charge in [0, 0.05) is 54.9 Å². The van der Waals surface area contributed by atoms with Gasteiger partial charge in [-0.3, -0.25) is 9.78 Å². The van der Waals surface area contributed by atoms with Crippen molar-refractivity contribution < 1.29 is 26.4 Å². The van der Waals surface area contributed by atoms with Crippen molar-refractivity contribution in [1.82, 2.24) is 14.6 Å². The van der Waals surface area contributed by atoms with Crippen LogP contribution < -0.4 is 9.62 Å². The first-order valence-electron chi connectivity index (χ1n) is 13.7. The van der Waals surface area contributed by atoms with Crippen molar-refractivity contribution >= 4 is 33.2 Å². The third-order valence-electron chi connectivity index (χ3n) is 8.07. The van der Waals surface area contributed by atoms with Crippen molar-refractivity contribution in [2.24, 2.45) is 0 Å². The Kier molecular flexibility index (Phi) is 8.30. The normalized spacial score (nSPS) is 17.8. The number of aryl methyl sites for hydroxylation is 3. The van der Waals surface area contributed by atoms with Gasteiger partial charge in [0.05, 0.1) is 10.6 Å². The molecule has 0 spiro atoms. The second-order valence-electron chi connectivity index (χ2n) is 11.0. The monoisotopic (exact) mass is 620 g/mol. The summed E-state index contributed by atoms with van der Waals surface area (Å²) in [4.78, 5) is 21.0. The summed E-state index contributed by atoms with van der Waals surface area (Å²) in [5.41, 5.74) is 3.54. The Morgan fingerprint density at radius 3 is 2.36 bits per heavy atom. The molecule has 42 heavy (non-hydrogen) atoms. The fourth-order valence-corrected chi connectivity index (χ4v) is 8.00. The number of sulfonamides is 1. The SMILES string of the molecule is Cc1cc(N2CCC(N(C)C(=O)c3ccc4c(c3)C(NS(=O)(=O)c3c(Cl)cccc3C(F)(F)F)CC4)CC2)cc(C)n1. The van der Waals surface area contributed by atoms with Crippen LogP contribution in [0, 0.1) is 13.8 Å². The number of halogens is 4. The van der Waals surface area contributed by atoms with Crippen LogP contribution in [0.25, 0.3) is 0 Å². The van der Waals surface area contributed by atoms with Gasteiger partial charge >= 0.3 is 6.18 Å². The number of benzene rings is 2. The highest BCUT2D eigenvalue weighted by atomic mass is 35.5. The van der Waals surface area contributed by atoms with Crippen LogP contribution in [0.5, 0.6) is 0 Å². The summed E-state index contributed by atoms with van der Waals surface area (Å²) in [6.45, 7) is 5.53. The van der Waals surface area contributed by atoms with Crippen LogP contribution >= 0.6 is 11.6 Å². The average Bonchev–Trinajstić information content (AvgIpc) is 3.32. The van der Waals surface area contributed by atoms with Crippen molar-refractivity contribution in [2.45, 2.75) is 62.7 Å². The zero-order valence-electron chi connectivity index (χ0n) is 23.5. The first kappa shape index (κ1) is 30.3. The number of rotatable bonds is 6. The number of nitrogens with zero attached hydrogens (tertiary/aromatic N) is 3. The molecule has 0 bridgehead atoms. The van der Waals surface area contributed by atoms with E-state index in [1.807, 2.05) is 13.8 Å². The summed E-state index contributed by atoms with van der Waals surface area (Å²) in [7, 11) is -2.87. The summed E-state index contributed by atoms with van der Waals surface area (Å²) >= 11 is 5.96. The molecule has 1 amide bonds. The van der Waals surface area contributed by atoms with E-state index < -0.39 is 37.7 Å². The first-order chi connectivity index (χ1) is 19.7. The quantitative estimate of drug-likeness (QED) is 0.361. The van der Waals surface area contributed by atoms with Crippen molar-refractivity contribution in [3.63, 3.8) is 0 Å². The number of alkyl halides is 3. The molecule has 1 saturated heterocycles. The van der Waals surface area contributed by atoms with Gasteiger partial charge in [-0.1, -0.05) is 23.7 Å². The summed E-state index contributed by atoms with van der Waals surface area (Å²) in [5, 5.41) is -0.513. The van der Waals surface area contributed by atoms with E-state index in [4.69, 9.17) is 11.6 Å². The highest BCUT2D eigenvalue weighted by Gasteiger charge is 2.40. The number of hydrogen-bond donors (Lipinski definition) is 1. The molecular weight excluding hydrogens is 589 g/mol. The van der Waals surface area contributed by atoms with E-state index in [1.165, 1.54) is 0 Å². The lowest BCUT2D eigenvalue weighted by atomic mass is 10.00. The fraction of sp³-hybridized carbons (Fsp3) is 0.400. The Morgan fingerprint density at radius 2 is 1.71 bits per heavy atom. The Hall–Kier alpha value is -3.15. The zero-order chi connectivity index (χ0) is 30.4. The van der Waals surface area contributed by atoms with Crippen molar-refractivity contribution in [2.75, 3.05) is 25.0 Å². The summed E-state index contributed by atoms with van der Waals surface area (Å²) in [6.07, 6.45) is -2.46. The number of amides is 1. The van der Waals surface area contributed by atoms with Crippen LogP contribution in [-0.2, 0) is 22.6 Å². The molecule has 1 atom stereocenters. The molecule has 224 valence electrons. The molecule has 1 aromatic heterocycles. The maximum absolute atomic E-state index is 13.6. The van der Waals surface area contributed by atoms with Crippen molar-refractivity contribution in [3.8, 4) is 0 Å². The Morgan fingerprint density at radius 1 is 1.05 bits per heavy atom. The molecule has 1 aliphatic heterocycles. The maximum Gasteiger partial charge on any atom is 0.417 e. The summed E-state index contributed by atoms with van der Waals surface area (Å²) in [6, 6.07) is 11.4. The van der Waals surface area contributed by atoms with Gasteiger partial charge in [0.25, 0.3) is 5.91 Å². The van der Waals surface area contributed by atoms with Gasteiger partial charge in [0.1, 0.15) is 4.90 Å². The number of aromatic nitrogens is 1. The number of hydrogen-bond acceptors (Lipinski definition) is 5. The lowest BCUT2D eigenvalue weighted by Crippen LogP contribution is -2.45. The van der Waals surface area contributed by atoms with Crippen LogP contribution in [0.1, 0.15) is 63.7 Å². The minimum atomic E-state index is -4.90. The number of nitrogens with one attached hydrogen (secondary N) is 1. The van der Waals surface area contributed by atoms with Crippen LogP contribution in [0.2, 0.25) is 5.02 Å². The van der Waals surface area contributed by atoms with Gasteiger partial charge in [0.2, 0.25) is 10.0 Å². The van der Waals surface area contributed by atoms with E-state index in [2.05, 4.69) is 26.7 Å². The third-order valence-corrected chi connectivity index (χ3v) is 10.1. The van der Waals surface area contributed by atoms with Crippen molar-refractivity contribution in [3.05, 3.63) is 87.2 Å². The van der Waals surface area contributed by atoms with Gasteiger partial charge < -0.3 is 9.80 Å². The molecule has 0 saturated carbocycles. The van der Waals surface area contributed by atoms with Gasteiger partial charge in [-0.05, 0) is 87.1 Å². The largest absolute Gasteiger partial charge is 0.417 e. The van der Waals surface area contributed by atoms with Crippen LogP contribution in [0.4, 0.5) is 18.9 Å². The molecule has 5 rings (SSSR count). The third kappa shape index (κ3) is 6.14. The smallest absolute Gasteiger partial charge is 0.371 e. The second-order valence-corrected chi connectivity index (χ2v) is 13.0. The van der Waals surface area contributed by atoms with E-state index in [0.717, 1.165) is 60.7 Å². The fourth-order valence-electron chi connectivity index (χ4n) is 5.98. The summed E-state index contributed by atoms with van der Waals surface area (Å²) < 4.78 is 69.7. The number of fused-ring (bicyclic) bond motifs is 1. The highest BCUT2D eigenvalue weighted by molar-refractivity contribution is 7.89. The first-order valence-corrected chi connectivity index (χ1v) is 15.6. The summed E-state index contributed by atoms with van der Waals surface area (Å²) in [5.74, 6) is -0.189. The number of pyridine rings is 1. The van der Waals surface area contributed by atoms with Gasteiger partial charge in [-0.2, -0.15) is 13.2 Å². The molecule has 1 fully saturated rings. The van der Waals surface area contributed by atoms with E-state index >= 15 is 0 Å². The molecular formula is C30H32ClF3N4O3S. The molecule has 12 heteroatoms. The molecule has 1 aliphatic carbocycles. The molecule has 1 N–H and O–H groups in total. The average molecular weight is 621 g/mol. The van der Waals surface area contributed by atoms with Gasteiger partial charge in [-0.25, -0.2) is 13.1 Å². The van der Waals surface area contributed by atoms with Crippen LogP contribution in [0.3, 0.4) is 0 Å². The standard InChI is InChI=1S/C30H32ClF3N4O3S/c1-18-15-23(16-19(2)35-18)38-13-11-22(12-14-38)37(3)29(39)21-8-7-20-9-10-27(24(20)17-21)36-42(40,41)28-25(30(32,33)34)5-4-6-26(28)31/h4-8,15-17,22,27,36H,9-14H2,1-3H3. The molecule has 2 aliphatic rings. The minimum Gasteiger partial charge on any atom is -0.371 e. The predicted molar refractivity (Wildman–Crippen MR) is 155 cm³/mol. The maximum atomic E-state index is 13.6. The van der Waals surface area contributed by atoms with Crippen LogP contribution in [0.15, 0.2) is 53.4 Å². The number of anilines is 1. The van der Waals surface area contributed by atoms with Crippen molar-refractivity contribution in [1.29, 1.82) is 0 Å². The number of piperidine rings is 1. The Labute approximate surface area is 248 Å².